The molecule has 0 aliphatic carbocycles. The number of nitrogens with zero attached hydrogens (tertiary/aromatic N) is 1. The van der Waals surface area contributed by atoms with Crippen LogP contribution in [0, 0.1) is 0 Å². The van der Waals surface area contributed by atoms with E-state index in [0.29, 0.717) is 6.42 Å². The van der Waals surface area contributed by atoms with Crippen LogP contribution in [0.1, 0.15) is 12.8 Å². The van der Waals surface area contributed by atoms with Gasteiger partial charge in [-0.15, -0.1) is 0 Å². The van der Waals surface area contributed by atoms with Crippen LogP contribution in [0.5, 0.6) is 0 Å². The molecule has 0 rings (SSSR count). The first-order valence-corrected chi connectivity index (χ1v) is 5.90. The minimum atomic E-state index is -4.68. The second-order valence-electron chi connectivity index (χ2n) is 2.99. The molecule has 94 valence electrons. The smallest absolute Gasteiger partial charge is 0.762 e. The van der Waals surface area contributed by atoms with Crippen molar-refractivity contribution in [2.24, 2.45) is 16.5 Å². The Balaban J connectivity index is 0. The van der Waals surface area contributed by atoms with Gasteiger partial charge in [0.2, 0.25) is 7.75 Å². The van der Waals surface area contributed by atoms with E-state index in [0.717, 1.165) is 0 Å². The Hall–Kier alpha value is -0.150. The fourth-order valence-corrected chi connectivity index (χ4v) is 1.17. The van der Waals surface area contributed by atoms with E-state index in [1.165, 1.54) is 0 Å². The Morgan fingerprint density at radius 3 is 2.53 bits per heavy atom. The SMILES string of the molecule is NC(=NCCC[C@H](N)C(=O)O)NP(=O)([O-])O.[Na+]. The summed E-state index contributed by atoms with van der Waals surface area (Å²) in [6.45, 7) is 0.111. The van der Waals surface area contributed by atoms with E-state index in [2.05, 4.69) is 4.99 Å². The summed E-state index contributed by atoms with van der Waals surface area (Å²) in [5.41, 5.74) is 10.3. The van der Waals surface area contributed by atoms with E-state index >= 15 is 0 Å². The summed E-state index contributed by atoms with van der Waals surface area (Å²) in [5.74, 6) is -1.57. The Bertz CT molecular complexity index is 320. The number of hydrogen-bond acceptors (Lipinski definition) is 5. The van der Waals surface area contributed by atoms with Crippen molar-refractivity contribution in [3.63, 3.8) is 0 Å². The van der Waals surface area contributed by atoms with Crippen LogP contribution in [0.15, 0.2) is 4.99 Å². The number of carboxylic acids is 1. The van der Waals surface area contributed by atoms with E-state index in [-0.39, 0.29) is 42.5 Å². The molecule has 11 heteroatoms. The summed E-state index contributed by atoms with van der Waals surface area (Å²) in [6.07, 6.45) is 0.532. The molecule has 9 nitrogen and oxygen atoms in total. The molecule has 0 amide bonds. The maximum atomic E-state index is 10.3. The van der Waals surface area contributed by atoms with Crippen molar-refractivity contribution >= 4 is 19.7 Å². The number of hydrogen-bond donors (Lipinski definition) is 5. The average molecular weight is 276 g/mol. The molecular formula is C6H14N4NaO5P. The molecule has 0 aliphatic rings. The minimum absolute atomic E-state index is 0. The standard InChI is InChI=1S/C6H15N4O5P.Na/c7-4(5(11)12)2-1-3-9-6(8)10-16(13,14)15;/h4H,1-3,7H2,(H,11,12)(H5,8,9,10,13,14,15);/q;+1/p-1/t4-;/m0./s1. The van der Waals surface area contributed by atoms with Crippen molar-refractivity contribution in [2.45, 2.75) is 18.9 Å². The fraction of sp³-hybridized carbons (Fsp3) is 0.667. The molecular weight excluding hydrogens is 262 g/mol. The summed E-state index contributed by atoms with van der Waals surface area (Å²) in [7, 11) is -4.68. The summed E-state index contributed by atoms with van der Waals surface area (Å²) < 4.78 is 10.3. The van der Waals surface area contributed by atoms with Gasteiger partial charge in [0, 0.05) is 6.54 Å². The number of nitrogens with two attached hydrogens (primary N) is 2. The molecule has 0 aromatic carbocycles. The summed E-state index contributed by atoms with van der Waals surface area (Å²) in [4.78, 5) is 32.5. The van der Waals surface area contributed by atoms with E-state index < -0.39 is 25.7 Å². The van der Waals surface area contributed by atoms with Crippen LogP contribution >= 0.6 is 7.75 Å². The fourth-order valence-electron chi connectivity index (χ4n) is 0.814. The molecule has 0 heterocycles. The molecule has 0 bridgehead atoms. The van der Waals surface area contributed by atoms with Gasteiger partial charge in [-0.1, -0.05) is 0 Å². The zero-order valence-corrected chi connectivity index (χ0v) is 12.3. The first kappa shape index (κ1) is 19.2. The number of nitrogens with one attached hydrogen (secondary N) is 1. The molecule has 0 spiro atoms. The van der Waals surface area contributed by atoms with E-state index in [4.69, 9.17) is 21.5 Å². The van der Waals surface area contributed by atoms with Crippen molar-refractivity contribution in [1.82, 2.24) is 5.09 Å². The molecule has 0 saturated carbocycles. The average Bonchev–Trinajstić information content (AvgIpc) is 2.08. The monoisotopic (exact) mass is 276 g/mol. The third-order valence-electron chi connectivity index (χ3n) is 1.53. The molecule has 0 aliphatic heterocycles. The van der Waals surface area contributed by atoms with Crippen LogP contribution in [-0.2, 0) is 9.36 Å². The topological polar surface area (TPSA) is 174 Å². The summed E-state index contributed by atoms with van der Waals surface area (Å²) >= 11 is 0. The Kier molecular flexibility index (Phi) is 10.0. The van der Waals surface area contributed by atoms with Gasteiger partial charge in [-0.3, -0.25) is 19.4 Å². The second kappa shape index (κ2) is 8.87. The number of carboxylic acid groups (broad SMARTS) is 1. The first-order chi connectivity index (χ1) is 7.22. The van der Waals surface area contributed by atoms with Gasteiger partial charge in [0.05, 0.1) is 0 Å². The number of carbonyl (C=O) groups is 1. The normalized spacial score (nSPS) is 16.5. The largest absolute Gasteiger partial charge is 1.00 e. The number of guanidine groups is 1. The van der Waals surface area contributed by atoms with Crippen LogP contribution in [0.25, 0.3) is 0 Å². The van der Waals surface area contributed by atoms with Crippen molar-refractivity contribution in [3.8, 4) is 0 Å². The third-order valence-corrected chi connectivity index (χ3v) is 2.04. The van der Waals surface area contributed by atoms with Gasteiger partial charge >= 0.3 is 35.5 Å². The molecule has 0 saturated heterocycles. The molecule has 7 N–H and O–H groups in total. The van der Waals surface area contributed by atoms with Crippen molar-refractivity contribution in [2.75, 3.05) is 6.54 Å². The predicted octanol–water partition coefficient (Wildman–Crippen LogP) is -5.45. The van der Waals surface area contributed by atoms with E-state index in [1.807, 2.05) is 0 Å². The zero-order valence-electron chi connectivity index (χ0n) is 9.37. The number of rotatable bonds is 6. The summed E-state index contributed by atoms with van der Waals surface area (Å²) in [6, 6.07) is -0.979. The van der Waals surface area contributed by atoms with Gasteiger partial charge in [-0.25, -0.2) is 0 Å². The van der Waals surface area contributed by atoms with Crippen LogP contribution in [0.4, 0.5) is 0 Å². The van der Waals surface area contributed by atoms with E-state index in [1.54, 1.807) is 5.09 Å². The molecule has 0 aromatic rings. The van der Waals surface area contributed by atoms with Gasteiger partial charge in [0.1, 0.15) is 6.04 Å². The quantitative estimate of drug-likeness (QED) is 0.105. The number of aliphatic imine (C=N–C) groups is 1. The van der Waals surface area contributed by atoms with Crippen molar-refractivity contribution in [1.29, 1.82) is 0 Å². The Morgan fingerprint density at radius 1 is 1.59 bits per heavy atom. The van der Waals surface area contributed by atoms with Gasteiger partial charge < -0.3 is 26.4 Å². The van der Waals surface area contributed by atoms with Crippen LogP contribution in [-0.4, -0.2) is 34.5 Å². The second-order valence-corrected chi connectivity index (χ2v) is 4.25. The molecule has 0 fully saturated rings. The molecule has 17 heavy (non-hydrogen) atoms. The van der Waals surface area contributed by atoms with Gasteiger partial charge in [-0.2, -0.15) is 0 Å². The molecule has 0 radical (unpaired) electrons. The summed E-state index contributed by atoms with van der Waals surface area (Å²) in [5, 5.41) is 10.00. The van der Waals surface area contributed by atoms with Crippen LogP contribution in [0.3, 0.4) is 0 Å². The van der Waals surface area contributed by atoms with Gasteiger partial charge in [0.25, 0.3) is 0 Å². The van der Waals surface area contributed by atoms with E-state index in [9.17, 15) is 14.3 Å². The van der Waals surface area contributed by atoms with Crippen molar-refractivity contribution < 1.29 is 53.8 Å². The maximum Gasteiger partial charge on any atom is 1.00 e. The Morgan fingerprint density at radius 2 is 2.12 bits per heavy atom. The third kappa shape index (κ3) is 12.1. The van der Waals surface area contributed by atoms with Gasteiger partial charge in [-0.05, 0) is 12.8 Å². The van der Waals surface area contributed by atoms with Crippen LogP contribution in [0.2, 0.25) is 0 Å². The predicted molar refractivity (Wildman–Crippen MR) is 54.3 cm³/mol. The van der Waals surface area contributed by atoms with Gasteiger partial charge in [0.15, 0.2) is 5.96 Å². The zero-order chi connectivity index (χ0) is 12.8. The molecule has 1 unspecified atom stereocenters. The van der Waals surface area contributed by atoms with Crippen LogP contribution < -0.4 is 51.0 Å². The maximum absolute atomic E-state index is 10.3. The molecule has 0 aromatic heterocycles. The molecule has 2 atom stereocenters. The number of aliphatic carboxylic acids is 1. The minimum Gasteiger partial charge on any atom is -0.762 e. The van der Waals surface area contributed by atoms with Crippen molar-refractivity contribution in [3.05, 3.63) is 0 Å². The Labute approximate surface area is 120 Å². The first-order valence-electron chi connectivity index (χ1n) is 4.33.